The smallest absolute Gasteiger partial charge is 0.266 e. The van der Waals surface area contributed by atoms with Gasteiger partial charge in [0.2, 0.25) is 0 Å². The average Bonchev–Trinajstić information content (AvgIpc) is 3.66. The van der Waals surface area contributed by atoms with E-state index in [9.17, 15) is 13.6 Å². The van der Waals surface area contributed by atoms with E-state index in [2.05, 4.69) is 37.9 Å². The molecule has 0 aromatic rings. The van der Waals surface area contributed by atoms with Crippen molar-refractivity contribution in [3.63, 3.8) is 0 Å². The number of nitrogens with zero attached hydrogens (tertiary/aromatic N) is 1. The van der Waals surface area contributed by atoms with Crippen molar-refractivity contribution in [1.29, 1.82) is 0 Å². The number of Topliss-reactive ketones (excluding diaryl/α,β-unsaturated/α-hetero) is 1. The molecule has 5 atom stereocenters. The van der Waals surface area contributed by atoms with Gasteiger partial charge in [0.1, 0.15) is 11.5 Å². The fraction of sp³-hybridized carbons (Fsp3) is 0.765. The van der Waals surface area contributed by atoms with Crippen LogP contribution in [0.1, 0.15) is 98.3 Å². The van der Waals surface area contributed by atoms with Crippen LogP contribution in [0.25, 0.3) is 0 Å². The molecule has 0 aromatic heterocycles. The number of carbonyl (C=O) groups is 1. The zero-order valence-electron chi connectivity index (χ0n) is 25.8. The van der Waals surface area contributed by atoms with Gasteiger partial charge in [-0.15, -0.1) is 0 Å². The van der Waals surface area contributed by atoms with E-state index in [0.717, 1.165) is 83.0 Å². The summed E-state index contributed by atoms with van der Waals surface area (Å²) in [6.07, 6.45) is 14.9. The minimum atomic E-state index is -2.94. The van der Waals surface area contributed by atoms with Gasteiger partial charge in [0.05, 0.1) is 7.11 Å². The monoisotopic (exact) mass is 561 g/mol. The summed E-state index contributed by atoms with van der Waals surface area (Å²) in [5.74, 6) is 1.08. The summed E-state index contributed by atoms with van der Waals surface area (Å²) in [7, 11) is 3.40. The normalized spacial score (nSPS) is 25.9. The van der Waals surface area contributed by atoms with Crippen molar-refractivity contribution >= 4 is 11.5 Å². The van der Waals surface area contributed by atoms with Gasteiger partial charge in [0.15, 0.2) is 0 Å². The maximum absolute atomic E-state index is 14.3. The Labute approximate surface area is 241 Å². The first kappa shape index (κ1) is 32.7. The van der Waals surface area contributed by atoms with Crippen molar-refractivity contribution in [1.82, 2.24) is 0 Å². The minimum absolute atomic E-state index is 0.0330. The molecule has 0 spiro atoms. The fourth-order valence-electron chi connectivity index (χ4n) is 6.79. The number of hydrogen-bond acceptors (Lipinski definition) is 4. The zero-order valence-corrected chi connectivity index (χ0v) is 25.8. The molecule has 3 aliphatic rings. The Bertz CT molecular complexity index is 957. The van der Waals surface area contributed by atoms with E-state index in [0.29, 0.717) is 41.9 Å². The molecule has 3 unspecified atom stereocenters. The molecule has 1 saturated carbocycles. The molecule has 2 fully saturated rings. The Morgan fingerprint density at radius 1 is 1.20 bits per heavy atom. The lowest BCUT2D eigenvalue weighted by atomic mass is 9.71. The summed E-state index contributed by atoms with van der Waals surface area (Å²) in [5, 5.41) is 0. The van der Waals surface area contributed by atoms with E-state index in [1.54, 1.807) is 20.2 Å². The number of ether oxygens (including phenoxy) is 2. The molecule has 2 aliphatic carbocycles. The van der Waals surface area contributed by atoms with E-state index in [1.165, 1.54) is 5.57 Å². The molecule has 0 amide bonds. The highest BCUT2D eigenvalue weighted by molar-refractivity contribution is 5.99. The van der Waals surface area contributed by atoms with Crippen LogP contribution < -0.4 is 0 Å². The van der Waals surface area contributed by atoms with E-state index in [4.69, 9.17) is 9.47 Å². The van der Waals surface area contributed by atoms with Gasteiger partial charge in [0.25, 0.3) is 5.92 Å². The molecule has 0 radical (unpaired) electrons. The lowest BCUT2D eigenvalue weighted by molar-refractivity contribution is -0.119. The molecule has 226 valence electrons. The predicted molar refractivity (Wildman–Crippen MR) is 160 cm³/mol. The molecule has 3 rings (SSSR count). The van der Waals surface area contributed by atoms with E-state index < -0.39 is 5.92 Å². The molecular formula is C34H53F2NO3. The number of carbonyl (C=O) groups excluding carboxylic acids is 1. The van der Waals surface area contributed by atoms with Crippen molar-refractivity contribution in [2.75, 3.05) is 27.4 Å². The number of ketones is 1. The Morgan fingerprint density at radius 3 is 2.55 bits per heavy atom. The van der Waals surface area contributed by atoms with Crippen LogP contribution >= 0.6 is 0 Å². The maximum Gasteiger partial charge on any atom is 0.266 e. The molecule has 0 aromatic carbocycles. The quantitative estimate of drug-likeness (QED) is 0.167. The Morgan fingerprint density at radius 2 is 1.93 bits per heavy atom. The average molecular weight is 562 g/mol. The van der Waals surface area contributed by atoms with Crippen molar-refractivity contribution in [3.8, 4) is 0 Å². The van der Waals surface area contributed by atoms with Crippen molar-refractivity contribution in [3.05, 3.63) is 35.1 Å². The second-order valence-electron chi connectivity index (χ2n) is 12.6. The number of aliphatic imine (C=N–C) groups is 1. The van der Waals surface area contributed by atoms with Gasteiger partial charge in [-0.25, -0.2) is 8.78 Å². The summed E-state index contributed by atoms with van der Waals surface area (Å²) in [4.78, 5) is 17.1. The number of allylic oxidation sites excluding steroid dienone is 5. The summed E-state index contributed by atoms with van der Waals surface area (Å²) < 4.78 is 40.1. The molecule has 1 heterocycles. The van der Waals surface area contributed by atoms with Crippen LogP contribution in [0.5, 0.6) is 0 Å². The summed E-state index contributed by atoms with van der Waals surface area (Å²) in [5.41, 5.74) is 2.10. The van der Waals surface area contributed by atoms with Crippen LogP contribution in [0.3, 0.4) is 0 Å². The van der Waals surface area contributed by atoms with Gasteiger partial charge in [-0.1, -0.05) is 26.3 Å². The second kappa shape index (κ2) is 15.4. The number of methoxy groups -OCH3 is 1. The van der Waals surface area contributed by atoms with Crippen LogP contribution in [-0.4, -0.2) is 44.8 Å². The van der Waals surface area contributed by atoms with Crippen molar-refractivity contribution in [2.24, 2.45) is 40.5 Å². The molecule has 4 nitrogen and oxygen atoms in total. The Hall–Kier alpha value is -1.82. The molecular weight excluding hydrogens is 508 g/mol. The molecule has 40 heavy (non-hydrogen) atoms. The first-order chi connectivity index (χ1) is 19.1. The first-order valence-corrected chi connectivity index (χ1v) is 15.6. The lowest BCUT2D eigenvalue weighted by Gasteiger charge is -2.34. The van der Waals surface area contributed by atoms with Crippen molar-refractivity contribution < 1.29 is 23.0 Å². The summed E-state index contributed by atoms with van der Waals surface area (Å²) in [6.45, 7) is 9.47. The van der Waals surface area contributed by atoms with Crippen LogP contribution in [0.2, 0.25) is 0 Å². The highest BCUT2D eigenvalue weighted by Crippen LogP contribution is 2.40. The van der Waals surface area contributed by atoms with Gasteiger partial charge >= 0.3 is 0 Å². The van der Waals surface area contributed by atoms with E-state index in [-0.39, 0.29) is 24.2 Å². The van der Waals surface area contributed by atoms with Gasteiger partial charge < -0.3 is 9.47 Å². The van der Waals surface area contributed by atoms with Crippen LogP contribution in [0.4, 0.5) is 8.78 Å². The largest absolute Gasteiger partial charge is 0.497 e. The Kier molecular flexibility index (Phi) is 12.6. The van der Waals surface area contributed by atoms with Crippen LogP contribution in [0, 0.1) is 35.5 Å². The standard InChI is InChI=1S/C34H53F2NO3/c1-7-25-21-40-22-28(25)17-14-26(23(2)31-12-9-13-33(39-6)24(31)3)10-8-11-30(38)19-18-29(34(4,35)36)20-32(37-5)27-15-16-27/h9,13,20,23,25-28,31H,7-8,10-12,14-19,21-22H2,1-6H3/b29-20+,37-32?/t23?,25?,26-,28?,31-/m1/s1. The van der Waals surface area contributed by atoms with Crippen LogP contribution in [0.15, 0.2) is 40.1 Å². The third-order valence-corrected chi connectivity index (χ3v) is 9.81. The SMILES string of the molecule is CCC1COCC1CC[C@@H](CCCC(=O)CC/C(=C\C(=NC)C1CC1)C(C)(F)F)C(C)[C@H]1CC=CC(OC)=C1C. The molecule has 0 bridgehead atoms. The second-order valence-corrected chi connectivity index (χ2v) is 12.6. The minimum Gasteiger partial charge on any atom is -0.497 e. The molecule has 0 N–H and O–H groups in total. The highest BCUT2D eigenvalue weighted by atomic mass is 19.3. The van der Waals surface area contributed by atoms with Gasteiger partial charge in [-0.3, -0.25) is 9.79 Å². The number of rotatable bonds is 17. The lowest BCUT2D eigenvalue weighted by Crippen LogP contribution is -2.25. The zero-order chi connectivity index (χ0) is 29.3. The summed E-state index contributed by atoms with van der Waals surface area (Å²) in [6, 6.07) is 0. The summed E-state index contributed by atoms with van der Waals surface area (Å²) >= 11 is 0. The number of hydrogen-bond donors (Lipinski definition) is 0. The molecule has 6 heteroatoms. The van der Waals surface area contributed by atoms with Gasteiger partial charge in [-0.05, 0) is 106 Å². The predicted octanol–water partition coefficient (Wildman–Crippen LogP) is 8.77. The topological polar surface area (TPSA) is 47.9 Å². The molecule has 1 aliphatic heterocycles. The van der Waals surface area contributed by atoms with Crippen molar-refractivity contribution in [2.45, 2.75) is 104 Å². The number of alkyl halides is 2. The van der Waals surface area contributed by atoms with E-state index in [1.807, 2.05) is 0 Å². The maximum atomic E-state index is 14.3. The fourth-order valence-corrected chi connectivity index (χ4v) is 6.79. The van der Waals surface area contributed by atoms with E-state index >= 15 is 0 Å². The third kappa shape index (κ3) is 9.36. The van der Waals surface area contributed by atoms with Gasteiger partial charge in [0, 0.05) is 57.2 Å². The third-order valence-electron chi connectivity index (χ3n) is 9.81. The first-order valence-electron chi connectivity index (χ1n) is 15.6. The Balaban J connectivity index is 1.59. The van der Waals surface area contributed by atoms with Crippen LogP contribution in [-0.2, 0) is 14.3 Å². The van der Waals surface area contributed by atoms with Gasteiger partial charge in [-0.2, -0.15) is 0 Å². The highest BCUT2D eigenvalue weighted by Gasteiger charge is 2.33. The number of halogens is 2. The molecule has 1 saturated heterocycles.